The number of hydrogen-bond acceptors (Lipinski definition) is 2. The van der Waals surface area contributed by atoms with Gasteiger partial charge in [0.1, 0.15) is 6.67 Å². The van der Waals surface area contributed by atoms with Crippen LogP contribution in [0.5, 0.6) is 0 Å². The van der Waals surface area contributed by atoms with Crippen LogP contribution in [0.15, 0.2) is 18.2 Å². The molecule has 0 aromatic heterocycles. The number of nitrogens with two attached hydrogens (primary N) is 1. The van der Waals surface area contributed by atoms with Crippen LogP contribution in [0.2, 0.25) is 0 Å². The molecule has 66 valence electrons. The maximum absolute atomic E-state index is 12.2. The van der Waals surface area contributed by atoms with Crippen molar-refractivity contribution in [3.8, 4) is 0 Å². The van der Waals surface area contributed by atoms with Gasteiger partial charge in [0.25, 0.3) is 0 Å². The molecule has 1 aromatic carbocycles. The number of rotatable bonds is 3. The van der Waals surface area contributed by atoms with Crippen molar-refractivity contribution >= 4 is 0 Å². The first-order valence-corrected chi connectivity index (χ1v) is 3.78. The highest BCUT2D eigenvalue weighted by Gasteiger charge is 1.98. The molecule has 0 aliphatic carbocycles. The third kappa shape index (κ3) is 2.03. The molecule has 0 atom stereocenters. The van der Waals surface area contributed by atoms with E-state index in [2.05, 4.69) is 0 Å². The molecule has 0 amide bonds. The Bertz CT molecular complexity index is 207. The van der Waals surface area contributed by atoms with Crippen molar-refractivity contribution in [1.29, 1.82) is 0 Å². The zero-order valence-corrected chi connectivity index (χ0v) is 6.76. The molecular formula is C9H12FNO. The molecule has 0 radical (unpaired) electrons. The Morgan fingerprint density at radius 1 is 1.17 bits per heavy atom. The summed E-state index contributed by atoms with van der Waals surface area (Å²) in [6, 6.07) is 5.12. The van der Waals surface area contributed by atoms with Crippen LogP contribution >= 0.6 is 0 Å². The molecule has 0 fully saturated rings. The van der Waals surface area contributed by atoms with E-state index in [9.17, 15) is 4.39 Å². The van der Waals surface area contributed by atoms with Crippen molar-refractivity contribution in [1.82, 2.24) is 0 Å². The summed E-state index contributed by atoms with van der Waals surface area (Å²) in [4.78, 5) is 0. The minimum absolute atomic E-state index is 0.0686. The molecule has 0 saturated heterocycles. The number of alkyl halides is 1. The second-order valence-corrected chi connectivity index (χ2v) is 2.65. The topological polar surface area (TPSA) is 46.2 Å². The molecule has 0 aliphatic rings. The SMILES string of the molecule is NCc1cc(CO)cc(CF)c1. The van der Waals surface area contributed by atoms with Gasteiger partial charge in [0.05, 0.1) is 6.61 Å². The molecule has 1 aromatic rings. The Kier molecular flexibility index (Phi) is 3.19. The molecule has 12 heavy (non-hydrogen) atoms. The minimum atomic E-state index is -0.513. The van der Waals surface area contributed by atoms with E-state index < -0.39 is 6.67 Å². The van der Waals surface area contributed by atoms with Gasteiger partial charge in [-0.25, -0.2) is 4.39 Å². The number of hydrogen-bond donors (Lipinski definition) is 2. The van der Waals surface area contributed by atoms with Crippen LogP contribution < -0.4 is 5.73 Å². The maximum Gasteiger partial charge on any atom is 0.115 e. The largest absolute Gasteiger partial charge is 0.392 e. The summed E-state index contributed by atoms with van der Waals surface area (Å²) >= 11 is 0. The van der Waals surface area contributed by atoms with Gasteiger partial charge >= 0.3 is 0 Å². The molecular weight excluding hydrogens is 157 g/mol. The van der Waals surface area contributed by atoms with E-state index in [-0.39, 0.29) is 6.61 Å². The van der Waals surface area contributed by atoms with Crippen molar-refractivity contribution in [2.75, 3.05) is 0 Å². The number of aliphatic hydroxyl groups is 1. The predicted octanol–water partition coefficient (Wildman–Crippen LogP) is 1.11. The first-order valence-electron chi connectivity index (χ1n) is 3.78. The van der Waals surface area contributed by atoms with Crippen molar-refractivity contribution in [3.63, 3.8) is 0 Å². The van der Waals surface area contributed by atoms with Gasteiger partial charge in [-0.15, -0.1) is 0 Å². The Labute approximate surface area is 70.8 Å². The zero-order chi connectivity index (χ0) is 8.97. The Morgan fingerprint density at radius 3 is 2.25 bits per heavy atom. The van der Waals surface area contributed by atoms with Crippen LogP contribution in [0, 0.1) is 0 Å². The Balaban J connectivity index is 3.01. The van der Waals surface area contributed by atoms with Gasteiger partial charge in [-0.3, -0.25) is 0 Å². The van der Waals surface area contributed by atoms with Crippen molar-refractivity contribution < 1.29 is 9.50 Å². The van der Waals surface area contributed by atoms with Crippen molar-refractivity contribution in [2.24, 2.45) is 5.73 Å². The second-order valence-electron chi connectivity index (χ2n) is 2.65. The zero-order valence-electron chi connectivity index (χ0n) is 6.76. The summed E-state index contributed by atoms with van der Waals surface area (Å²) in [7, 11) is 0. The van der Waals surface area contributed by atoms with Gasteiger partial charge in [-0.05, 0) is 16.7 Å². The lowest BCUT2D eigenvalue weighted by atomic mass is 10.1. The molecule has 0 saturated carbocycles. The van der Waals surface area contributed by atoms with Crippen LogP contribution in [0.3, 0.4) is 0 Å². The van der Waals surface area contributed by atoms with Crippen LogP contribution in [0.4, 0.5) is 4.39 Å². The van der Waals surface area contributed by atoms with Crippen LogP contribution in [0.25, 0.3) is 0 Å². The van der Waals surface area contributed by atoms with E-state index in [4.69, 9.17) is 10.8 Å². The molecule has 0 spiro atoms. The van der Waals surface area contributed by atoms with Gasteiger partial charge in [0, 0.05) is 6.54 Å². The van der Waals surface area contributed by atoms with Gasteiger partial charge in [-0.1, -0.05) is 18.2 Å². The fraction of sp³-hybridized carbons (Fsp3) is 0.333. The molecule has 1 rings (SSSR count). The van der Waals surface area contributed by atoms with E-state index in [0.717, 1.165) is 5.56 Å². The van der Waals surface area contributed by atoms with Gasteiger partial charge in [0.15, 0.2) is 0 Å². The molecule has 0 unspecified atom stereocenters. The highest BCUT2D eigenvalue weighted by molar-refractivity contribution is 5.29. The summed E-state index contributed by atoms with van der Waals surface area (Å²) in [6.45, 7) is -0.206. The monoisotopic (exact) mass is 169 g/mol. The number of aliphatic hydroxyl groups excluding tert-OH is 1. The van der Waals surface area contributed by atoms with E-state index in [1.807, 2.05) is 0 Å². The lowest BCUT2D eigenvalue weighted by Crippen LogP contribution is -1.99. The Hall–Kier alpha value is -0.930. The maximum atomic E-state index is 12.2. The van der Waals surface area contributed by atoms with E-state index in [0.29, 0.717) is 17.7 Å². The minimum Gasteiger partial charge on any atom is -0.392 e. The summed E-state index contributed by atoms with van der Waals surface area (Å²) < 4.78 is 12.2. The fourth-order valence-corrected chi connectivity index (χ4v) is 1.13. The van der Waals surface area contributed by atoms with Crippen LogP contribution in [-0.2, 0) is 19.8 Å². The second kappa shape index (κ2) is 4.18. The summed E-state index contributed by atoms with van der Waals surface area (Å²) in [5, 5.41) is 8.81. The third-order valence-corrected chi connectivity index (χ3v) is 1.68. The molecule has 0 heterocycles. The van der Waals surface area contributed by atoms with Gasteiger partial charge in [0.2, 0.25) is 0 Å². The predicted molar refractivity (Wildman–Crippen MR) is 45.1 cm³/mol. The smallest absolute Gasteiger partial charge is 0.115 e. The van der Waals surface area contributed by atoms with E-state index in [1.165, 1.54) is 0 Å². The van der Waals surface area contributed by atoms with Crippen molar-refractivity contribution in [3.05, 3.63) is 34.9 Å². The first kappa shape index (κ1) is 9.16. The number of halogens is 1. The fourth-order valence-electron chi connectivity index (χ4n) is 1.13. The highest BCUT2D eigenvalue weighted by atomic mass is 19.1. The third-order valence-electron chi connectivity index (χ3n) is 1.68. The quantitative estimate of drug-likeness (QED) is 0.712. The molecule has 3 N–H and O–H groups in total. The average molecular weight is 169 g/mol. The summed E-state index contributed by atoms with van der Waals surface area (Å²) in [5.41, 5.74) is 7.53. The van der Waals surface area contributed by atoms with E-state index >= 15 is 0 Å². The molecule has 3 heteroatoms. The Morgan fingerprint density at radius 2 is 1.75 bits per heavy atom. The van der Waals surface area contributed by atoms with Gasteiger partial charge < -0.3 is 10.8 Å². The van der Waals surface area contributed by atoms with Crippen molar-refractivity contribution in [2.45, 2.75) is 19.8 Å². The van der Waals surface area contributed by atoms with Crippen LogP contribution in [-0.4, -0.2) is 5.11 Å². The van der Waals surface area contributed by atoms with Gasteiger partial charge in [-0.2, -0.15) is 0 Å². The summed E-state index contributed by atoms with van der Waals surface area (Å²) in [6.07, 6.45) is 0. The number of benzene rings is 1. The molecule has 0 aliphatic heterocycles. The lowest BCUT2D eigenvalue weighted by molar-refractivity contribution is 0.281. The van der Waals surface area contributed by atoms with E-state index in [1.54, 1.807) is 18.2 Å². The highest BCUT2D eigenvalue weighted by Crippen LogP contribution is 2.11. The molecule has 2 nitrogen and oxygen atoms in total. The first-order chi connectivity index (χ1) is 5.80. The van der Waals surface area contributed by atoms with Crippen LogP contribution in [0.1, 0.15) is 16.7 Å². The standard InChI is InChI=1S/C9H12FNO/c10-4-7-1-8(5-11)3-9(2-7)6-12/h1-3,12H,4-6,11H2. The summed E-state index contributed by atoms with van der Waals surface area (Å²) in [5.74, 6) is 0. The molecule has 0 bridgehead atoms. The lowest BCUT2D eigenvalue weighted by Gasteiger charge is -2.03. The normalized spacial score (nSPS) is 10.2. The average Bonchev–Trinajstić information content (AvgIpc) is 2.16.